The molecule has 1 heterocycles. The summed E-state index contributed by atoms with van der Waals surface area (Å²) in [7, 11) is 2.02. The molecule has 0 unspecified atom stereocenters. The van der Waals surface area contributed by atoms with E-state index in [1.807, 2.05) is 13.1 Å². The van der Waals surface area contributed by atoms with Crippen LogP contribution in [0.3, 0.4) is 0 Å². The van der Waals surface area contributed by atoms with Gasteiger partial charge in [0.15, 0.2) is 0 Å². The fourth-order valence-corrected chi connectivity index (χ4v) is 2.03. The Morgan fingerprint density at radius 2 is 1.71 bits per heavy atom. The Morgan fingerprint density at radius 3 is 2.29 bits per heavy atom. The van der Waals surface area contributed by atoms with Crippen LogP contribution in [0.1, 0.15) is 37.7 Å². The summed E-state index contributed by atoms with van der Waals surface area (Å²) in [6, 6.07) is 10.3. The van der Waals surface area contributed by atoms with Crippen LogP contribution in [0.15, 0.2) is 30.3 Å². The topological polar surface area (TPSA) is 55.0 Å². The van der Waals surface area contributed by atoms with Gasteiger partial charge in [0.25, 0.3) is 0 Å². The van der Waals surface area contributed by atoms with E-state index in [1.165, 1.54) is 11.1 Å². The van der Waals surface area contributed by atoms with Crippen molar-refractivity contribution in [2.24, 2.45) is 0 Å². The second-order valence-corrected chi connectivity index (χ2v) is 6.57. The highest BCUT2D eigenvalue weighted by atomic mass is 15.2. The SMILES string of the molecule is Cc1ccc(CN(C)c2cc(N)nc(C(C)(C)C)n2)cc1. The van der Waals surface area contributed by atoms with Crippen LogP contribution >= 0.6 is 0 Å². The second-order valence-electron chi connectivity index (χ2n) is 6.57. The summed E-state index contributed by atoms with van der Waals surface area (Å²) in [6.45, 7) is 9.15. The van der Waals surface area contributed by atoms with Crippen molar-refractivity contribution in [2.75, 3.05) is 17.7 Å². The Kier molecular flexibility index (Phi) is 4.16. The van der Waals surface area contributed by atoms with Gasteiger partial charge in [-0.05, 0) is 12.5 Å². The maximum absolute atomic E-state index is 5.93. The van der Waals surface area contributed by atoms with Crippen molar-refractivity contribution >= 4 is 11.6 Å². The summed E-state index contributed by atoms with van der Waals surface area (Å²) in [4.78, 5) is 11.1. The molecule has 1 aromatic carbocycles. The van der Waals surface area contributed by atoms with E-state index in [4.69, 9.17) is 5.73 Å². The van der Waals surface area contributed by atoms with Gasteiger partial charge < -0.3 is 10.6 Å². The van der Waals surface area contributed by atoms with Crippen molar-refractivity contribution in [3.63, 3.8) is 0 Å². The molecule has 0 spiro atoms. The first kappa shape index (κ1) is 15.3. The van der Waals surface area contributed by atoms with E-state index in [2.05, 4.69) is 66.8 Å². The average molecular weight is 284 g/mol. The van der Waals surface area contributed by atoms with Gasteiger partial charge in [-0.2, -0.15) is 0 Å². The Hall–Kier alpha value is -2.10. The molecule has 0 aliphatic rings. The zero-order chi connectivity index (χ0) is 15.6. The molecule has 0 amide bonds. The standard InChI is InChI=1S/C17H24N4/c1-12-6-8-13(9-7-12)11-21(5)15-10-14(18)19-16(20-15)17(2,3)4/h6-10H,11H2,1-5H3,(H2,18,19,20). The van der Waals surface area contributed by atoms with E-state index in [-0.39, 0.29) is 5.41 Å². The van der Waals surface area contributed by atoms with Crippen LogP contribution in [0.2, 0.25) is 0 Å². The highest BCUT2D eigenvalue weighted by molar-refractivity contribution is 5.47. The van der Waals surface area contributed by atoms with E-state index in [0.29, 0.717) is 5.82 Å². The van der Waals surface area contributed by atoms with Crippen LogP contribution < -0.4 is 10.6 Å². The number of aryl methyl sites for hydroxylation is 1. The number of nitrogen functional groups attached to an aromatic ring is 1. The smallest absolute Gasteiger partial charge is 0.138 e. The minimum Gasteiger partial charge on any atom is -0.384 e. The molecule has 0 atom stereocenters. The highest BCUT2D eigenvalue weighted by Crippen LogP contribution is 2.23. The molecule has 2 aromatic rings. The van der Waals surface area contributed by atoms with Gasteiger partial charge in [0.1, 0.15) is 17.5 Å². The van der Waals surface area contributed by atoms with Gasteiger partial charge in [-0.1, -0.05) is 50.6 Å². The van der Waals surface area contributed by atoms with E-state index in [0.717, 1.165) is 18.2 Å². The molecule has 4 nitrogen and oxygen atoms in total. The Labute approximate surface area is 127 Å². The monoisotopic (exact) mass is 284 g/mol. The summed E-state index contributed by atoms with van der Waals surface area (Å²) in [5.41, 5.74) is 8.33. The molecule has 2 rings (SSSR count). The molecule has 1 aromatic heterocycles. The molecule has 21 heavy (non-hydrogen) atoms. The predicted octanol–water partition coefficient (Wildman–Crippen LogP) is 3.30. The van der Waals surface area contributed by atoms with Gasteiger partial charge in [0.05, 0.1) is 0 Å². The lowest BCUT2D eigenvalue weighted by Crippen LogP contribution is -2.22. The van der Waals surface area contributed by atoms with Crippen LogP contribution in [0.25, 0.3) is 0 Å². The van der Waals surface area contributed by atoms with Crippen LogP contribution in [0, 0.1) is 6.92 Å². The quantitative estimate of drug-likeness (QED) is 0.939. The number of nitrogens with two attached hydrogens (primary N) is 1. The first-order chi connectivity index (χ1) is 9.75. The number of rotatable bonds is 3. The van der Waals surface area contributed by atoms with Crippen LogP contribution in [0.4, 0.5) is 11.6 Å². The summed E-state index contributed by atoms with van der Waals surface area (Å²) in [5, 5.41) is 0. The molecule has 0 bridgehead atoms. The number of aromatic nitrogens is 2. The zero-order valence-corrected chi connectivity index (χ0v) is 13.5. The summed E-state index contributed by atoms with van der Waals surface area (Å²) in [5.74, 6) is 2.14. The lowest BCUT2D eigenvalue weighted by Gasteiger charge is -2.22. The van der Waals surface area contributed by atoms with Gasteiger partial charge in [-0.3, -0.25) is 0 Å². The first-order valence-electron chi connectivity index (χ1n) is 7.17. The molecule has 0 saturated heterocycles. The number of hydrogen-bond donors (Lipinski definition) is 1. The van der Waals surface area contributed by atoms with Crippen molar-refractivity contribution in [2.45, 2.75) is 39.7 Å². The van der Waals surface area contributed by atoms with Crippen LogP contribution in [-0.2, 0) is 12.0 Å². The lowest BCUT2D eigenvalue weighted by molar-refractivity contribution is 0.545. The number of hydrogen-bond acceptors (Lipinski definition) is 4. The fraction of sp³-hybridized carbons (Fsp3) is 0.412. The maximum atomic E-state index is 5.93. The molecule has 4 heteroatoms. The third-order valence-corrected chi connectivity index (χ3v) is 3.33. The molecule has 0 aliphatic heterocycles. The van der Waals surface area contributed by atoms with Gasteiger partial charge in [0, 0.05) is 25.1 Å². The maximum Gasteiger partial charge on any atom is 0.138 e. The van der Waals surface area contributed by atoms with E-state index < -0.39 is 0 Å². The van der Waals surface area contributed by atoms with E-state index in [9.17, 15) is 0 Å². The zero-order valence-electron chi connectivity index (χ0n) is 13.5. The lowest BCUT2D eigenvalue weighted by atomic mass is 9.96. The highest BCUT2D eigenvalue weighted by Gasteiger charge is 2.19. The molecule has 2 N–H and O–H groups in total. The second kappa shape index (κ2) is 5.72. The van der Waals surface area contributed by atoms with Gasteiger partial charge in [-0.15, -0.1) is 0 Å². The van der Waals surface area contributed by atoms with Crippen molar-refractivity contribution in [1.29, 1.82) is 0 Å². The molecular formula is C17H24N4. The molecule has 0 radical (unpaired) electrons. The number of anilines is 2. The third-order valence-electron chi connectivity index (χ3n) is 3.33. The summed E-state index contributed by atoms with van der Waals surface area (Å²) in [6.07, 6.45) is 0. The normalized spacial score (nSPS) is 11.5. The molecule has 0 aliphatic carbocycles. The van der Waals surface area contributed by atoms with Crippen LogP contribution in [-0.4, -0.2) is 17.0 Å². The van der Waals surface area contributed by atoms with Crippen molar-refractivity contribution in [3.05, 3.63) is 47.3 Å². The van der Waals surface area contributed by atoms with Crippen molar-refractivity contribution < 1.29 is 0 Å². The van der Waals surface area contributed by atoms with Gasteiger partial charge in [-0.25, -0.2) is 9.97 Å². The Morgan fingerprint density at radius 1 is 1.10 bits per heavy atom. The largest absolute Gasteiger partial charge is 0.384 e. The van der Waals surface area contributed by atoms with Crippen LogP contribution in [0.5, 0.6) is 0 Å². The first-order valence-corrected chi connectivity index (χ1v) is 7.17. The van der Waals surface area contributed by atoms with E-state index >= 15 is 0 Å². The molecule has 0 fully saturated rings. The summed E-state index contributed by atoms with van der Waals surface area (Å²) >= 11 is 0. The number of nitrogens with zero attached hydrogens (tertiary/aromatic N) is 3. The fourth-order valence-electron chi connectivity index (χ4n) is 2.03. The van der Waals surface area contributed by atoms with Gasteiger partial charge in [0.2, 0.25) is 0 Å². The Balaban J connectivity index is 2.24. The predicted molar refractivity (Wildman–Crippen MR) is 88.4 cm³/mol. The molecule has 112 valence electrons. The molecular weight excluding hydrogens is 260 g/mol. The van der Waals surface area contributed by atoms with E-state index in [1.54, 1.807) is 0 Å². The number of benzene rings is 1. The van der Waals surface area contributed by atoms with Gasteiger partial charge >= 0.3 is 0 Å². The molecule has 0 saturated carbocycles. The minimum absolute atomic E-state index is 0.116. The summed E-state index contributed by atoms with van der Waals surface area (Å²) < 4.78 is 0. The van der Waals surface area contributed by atoms with Crippen molar-refractivity contribution in [1.82, 2.24) is 9.97 Å². The average Bonchev–Trinajstić information content (AvgIpc) is 2.39. The Bertz CT molecular complexity index is 612. The minimum atomic E-state index is -0.116. The van der Waals surface area contributed by atoms with Crippen molar-refractivity contribution in [3.8, 4) is 0 Å². The third kappa shape index (κ3) is 3.94.